The summed E-state index contributed by atoms with van der Waals surface area (Å²) in [7, 11) is 0. The first kappa shape index (κ1) is 17.7. The Morgan fingerprint density at radius 1 is 1.04 bits per heavy atom. The van der Waals surface area contributed by atoms with Crippen LogP contribution in [0, 0.1) is 5.82 Å². The van der Waals surface area contributed by atoms with Gasteiger partial charge in [-0.25, -0.2) is 9.40 Å². The van der Waals surface area contributed by atoms with Gasteiger partial charge in [-0.3, -0.25) is 0 Å². The highest BCUT2D eigenvalue weighted by molar-refractivity contribution is 9.10. The quantitative estimate of drug-likeness (QED) is 0.440. The Labute approximate surface area is 175 Å². The molecule has 2 aliphatic rings. The smallest absolute Gasteiger partial charge is 0.213 e. The summed E-state index contributed by atoms with van der Waals surface area (Å²) in [6, 6.07) is 20.2. The summed E-state index contributed by atoms with van der Waals surface area (Å²) in [5.41, 5.74) is 3.84. The van der Waals surface area contributed by atoms with E-state index in [4.69, 9.17) is 21.4 Å². The van der Waals surface area contributed by atoms with E-state index in [0.717, 1.165) is 32.6 Å². The van der Waals surface area contributed by atoms with E-state index in [0.29, 0.717) is 11.4 Å². The zero-order chi connectivity index (χ0) is 19.3. The molecule has 3 aromatic carbocycles. The monoisotopic (exact) mass is 456 g/mol. The van der Waals surface area contributed by atoms with Gasteiger partial charge in [0.2, 0.25) is 6.23 Å². The van der Waals surface area contributed by atoms with Crippen molar-refractivity contribution in [3.05, 3.63) is 98.7 Å². The van der Waals surface area contributed by atoms with Crippen LogP contribution < -0.4 is 4.74 Å². The zero-order valence-corrected chi connectivity index (χ0v) is 17.0. The highest BCUT2D eigenvalue weighted by Crippen LogP contribution is 2.48. The van der Waals surface area contributed by atoms with Crippen LogP contribution in [0.1, 0.15) is 35.4 Å². The molecule has 0 radical (unpaired) electrons. The van der Waals surface area contributed by atoms with Gasteiger partial charge in [-0.2, -0.15) is 5.10 Å². The van der Waals surface area contributed by atoms with E-state index in [2.05, 4.69) is 15.9 Å². The average Bonchev–Trinajstić information content (AvgIpc) is 3.14. The minimum Gasteiger partial charge on any atom is -0.464 e. The van der Waals surface area contributed by atoms with Crippen molar-refractivity contribution < 1.29 is 9.13 Å². The molecule has 0 spiro atoms. The van der Waals surface area contributed by atoms with E-state index in [1.807, 2.05) is 47.5 Å². The van der Waals surface area contributed by atoms with Crippen molar-refractivity contribution >= 4 is 33.2 Å². The summed E-state index contributed by atoms with van der Waals surface area (Å²) in [6.45, 7) is 0. The maximum atomic E-state index is 13.3. The number of halogens is 3. The summed E-state index contributed by atoms with van der Waals surface area (Å²) in [4.78, 5) is 0. The summed E-state index contributed by atoms with van der Waals surface area (Å²) < 4.78 is 20.7. The second kappa shape index (κ2) is 6.90. The molecule has 6 heteroatoms. The topological polar surface area (TPSA) is 24.8 Å². The van der Waals surface area contributed by atoms with Crippen molar-refractivity contribution in [2.75, 3.05) is 0 Å². The number of rotatable bonds is 2. The Balaban J connectivity index is 1.59. The molecule has 0 unspecified atom stereocenters. The third-order valence-electron chi connectivity index (χ3n) is 5.08. The fourth-order valence-electron chi connectivity index (χ4n) is 3.72. The van der Waals surface area contributed by atoms with E-state index < -0.39 is 0 Å². The summed E-state index contributed by atoms with van der Waals surface area (Å²) >= 11 is 9.73. The molecule has 0 saturated carbocycles. The molecule has 0 bridgehead atoms. The summed E-state index contributed by atoms with van der Waals surface area (Å²) in [6.07, 6.45) is 0.361. The molecule has 0 amide bonds. The third-order valence-corrected chi connectivity index (χ3v) is 5.85. The van der Waals surface area contributed by atoms with Crippen LogP contribution in [-0.4, -0.2) is 10.7 Å². The van der Waals surface area contributed by atoms with Crippen LogP contribution in [0.25, 0.3) is 0 Å². The van der Waals surface area contributed by atoms with Gasteiger partial charge in [0.05, 0.1) is 11.8 Å². The lowest BCUT2D eigenvalue weighted by Gasteiger charge is -2.38. The lowest BCUT2D eigenvalue weighted by atomic mass is 9.96. The second-order valence-corrected chi connectivity index (χ2v) is 8.21. The average molecular weight is 458 g/mol. The number of nitrogens with zero attached hydrogens (tertiary/aromatic N) is 2. The first-order valence-corrected chi connectivity index (χ1v) is 10.1. The van der Waals surface area contributed by atoms with E-state index >= 15 is 0 Å². The van der Waals surface area contributed by atoms with Gasteiger partial charge < -0.3 is 4.74 Å². The Hall–Kier alpha value is -2.37. The zero-order valence-electron chi connectivity index (χ0n) is 14.6. The van der Waals surface area contributed by atoms with Gasteiger partial charge in [0.1, 0.15) is 11.6 Å². The van der Waals surface area contributed by atoms with Crippen LogP contribution in [0.15, 0.2) is 76.3 Å². The first-order valence-electron chi connectivity index (χ1n) is 8.92. The fraction of sp³-hybridized carbons (Fsp3) is 0.136. The lowest BCUT2D eigenvalue weighted by Crippen LogP contribution is -2.33. The van der Waals surface area contributed by atoms with Crippen LogP contribution in [0.3, 0.4) is 0 Å². The van der Waals surface area contributed by atoms with Crippen molar-refractivity contribution in [2.24, 2.45) is 5.10 Å². The van der Waals surface area contributed by atoms with Crippen LogP contribution in [-0.2, 0) is 0 Å². The molecule has 2 aliphatic heterocycles. The number of benzene rings is 3. The molecular weight excluding hydrogens is 443 g/mol. The Morgan fingerprint density at radius 2 is 1.79 bits per heavy atom. The van der Waals surface area contributed by atoms with E-state index in [1.165, 1.54) is 12.1 Å². The molecule has 0 N–H and O–H groups in total. The molecule has 2 heterocycles. The number of hydrazone groups is 1. The van der Waals surface area contributed by atoms with E-state index in [9.17, 15) is 4.39 Å². The Morgan fingerprint density at radius 3 is 2.54 bits per heavy atom. The molecular formula is C22H15BrClFN2O. The van der Waals surface area contributed by atoms with Crippen LogP contribution in [0.5, 0.6) is 5.75 Å². The summed E-state index contributed by atoms with van der Waals surface area (Å²) in [5, 5.41) is 7.52. The van der Waals surface area contributed by atoms with Gasteiger partial charge in [-0.05, 0) is 48.0 Å². The normalized spacial score (nSPS) is 20.2. The van der Waals surface area contributed by atoms with Gasteiger partial charge in [0.25, 0.3) is 0 Å². The minimum absolute atomic E-state index is 0.0103. The standard InChI is InChI=1S/C22H15BrClFN2O/c23-15-5-1-14(2-6-15)22-27-20(18-11-16(24)7-10-21(18)28-22)12-19(26-27)13-3-8-17(25)9-4-13/h1-11,20,22H,12H2/t20-,22-/m0/s1. The van der Waals surface area contributed by atoms with Gasteiger partial charge in [0.15, 0.2) is 0 Å². The minimum atomic E-state index is -0.343. The SMILES string of the molecule is Fc1ccc(C2=NN3[C@@H](C2)c2cc(Cl)ccc2O[C@H]3c2ccc(Br)cc2)cc1. The lowest BCUT2D eigenvalue weighted by molar-refractivity contribution is -0.0190. The molecule has 0 saturated heterocycles. The van der Waals surface area contributed by atoms with E-state index in [1.54, 1.807) is 12.1 Å². The highest BCUT2D eigenvalue weighted by atomic mass is 79.9. The largest absolute Gasteiger partial charge is 0.464 e. The first-order chi connectivity index (χ1) is 13.6. The van der Waals surface area contributed by atoms with Gasteiger partial charge >= 0.3 is 0 Å². The van der Waals surface area contributed by atoms with Crippen molar-refractivity contribution in [2.45, 2.75) is 18.7 Å². The van der Waals surface area contributed by atoms with Crippen molar-refractivity contribution in [3.63, 3.8) is 0 Å². The van der Waals surface area contributed by atoms with Gasteiger partial charge in [0, 0.05) is 27.0 Å². The molecule has 3 nitrogen and oxygen atoms in total. The van der Waals surface area contributed by atoms with Crippen molar-refractivity contribution in [3.8, 4) is 5.75 Å². The summed E-state index contributed by atoms with van der Waals surface area (Å²) in [5.74, 6) is 0.558. The molecule has 0 fully saturated rings. The molecule has 5 rings (SSSR count). The van der Waals surface area contributed by atoms with Crippen LogP contribution in [0.2, 0.25) is 5.02 Å². The highest BCUT2D eigenvalue weighted by Gasteiger charge is 2.41. The van der Waals surface area contributed by atoms with Gasteiger partial charge in [-0.15, -0.1) is 0 Å². The molecule has 3 aromatic rings. The van der Waals surface area contributed by atoms with Crippen LogP contribution >= 0.6 is 27.5 Å². The van der Waals surface area contributed by atoms with Crippen molar-refractivity contribution in [1.82, 2.24) is 5.01 Å². The number of hydrogen-bond donors (Lipinski definition) is 0. The number of fused-ring (bicyclic) bond motifs is 3. The molecule has 0 aromatic heterocycles. The maximum absolute atomic E-state index is 13.3. The number of ether oxygens (including phenoxy) is 1. The molecule has 28 heavy (non-hydrogen) atoms. The number of hydrogen-bond acceptors (Lipinski definition) is 3. The van der Waals surface area contributed by atoms with Crippen LogP contribution in [0.4, 0.5) is 4.39 Å². The fourth-order valence-corrected chi connectivity index (χ4v) is 4.17. The second-order valence-electron chi connectivity index (χ2n) is 6.86. The van der Waals surface area contributed by atoms with Crippen molar-refractivity contribution in [1.29, 1.82) is 0 Å². The third kappa shape index (κ3) is 3.09. The Kier molecular flexibility index (Phi) is 4.37. The molecule has 2 atom stereocenters. The Bertz CT molecular complexity index is 1070. The maximum Gasteiger partial charge on any atom is 0.213 e. The van der Waals surface area contributed by atoms with E-state index in [-0.39, 0.29) is 18.1 Å². The predicted molar refractivity (Wildman–Crippen MR) is 111 cm³/mol. The predicted octanol–water partition coefficient (Wildman–Crippen LogP) is 6.48. The van der Waals surface area contributed by atoms with Gasteiger partial charge in [-0.1, -0.05) is 51.8 Å². The molecule has 140 valence electrons. The molecule has 0 aliphatic carbocycles.